The van der Waals surface area contributed by atoms with E-state index in [1.165, 1.54) is 6.07 Å². The van der Waals surface area contributed by atoms with E-state index in [4.69, 9.17) is 9.47 Å². The molecule has 0 bridgehead atoms. The maximum Gasteiger partial charge on any atom is 0.128 e. The van der Waals surface area contributed by atoms with Gasteiger partial charge in [-0.3, -0.25) is 4.90 Å². The zero-order chi connectivity index (χ0) is 14.2. The van der Waals surface area contributed by atoms with Gasteiger partial charge in [-0.15, -0.1) is 0 Å². The van der Waals surface area contributed by atoms with Gasteiger partial charge >= 0.3 is 0 Å². The summed E-state index contributed by atoms with van der Waals surface area (Å²) in [4.78, 5) is 2.41. The van der Waals surface area contributed by atoms with Crippen LogP contribution in [0, 0.1) is 5.82 Å². The van der Waals surface area contributed by atoms with Crippen LogP contribution in [-0.4, -0.2) is 44.4 Å². The molecule has 3 nitrogen and oxygen atoms in total. The minimum atomic E-state index is -0.207. The molecular weight excluding hydrogens is 325 g/mol. The van der Waals surface area contributed by atoms with Crippen molar-refractivity contribution in [3.63, 3.8) is 0 Å². The Kier molecular flexibility index (Phi) is 6.93. The van der Waals surface area contributed by atoms with Gasteiger partial charge in [0, 0.05) is 29.7 Å². The van der Waals surface area contributed by atoms with Crippen LogP contribution in [0.1, 0.15) is 18.4 Å². The number of nitrogens with zero attached hydrogens (tertiary/aromatic N) is 1. The molecule has 0 spiro atoms. The summed E-state index contributed by atoms with van der Waals surface area (Å²) >= 11 is 3.34. The van der Waals surface area contributed by atoms with E-state index in [0.29, 0.717) is 18.8 Å². The summed E-state index contributed by atoms with van der Waals surface area (Å²) in [5.41, 5.74) is 0.604. The molecular formula is C15H21BrFNO2. The third-order valence-electron chi connectivity index (χ3n) is 3.38. The van der Waals surface area contributed by atoms with Crippen LogP contribution in [0.2, 0.25) is 0 Å². The summed E-state index contributed by atoms with van der Waals surface area (Å²) in [7, 11) is 0. The standard InChI is InChI=1S/C15H21BrFNO2/c16-14-3-4-15(17)13(11-14)12-20-8-2-1-5-18-6-9-19-10-7-18/h3-4,11H,1-2,5-10,12H2. The first-order valence-corrected chi connectivity index (χ1v) is 7.87. The molecule has 2 rings (SSSR count). The lowest BCUT2D eigenvalue weighted by Gasteiger charge is -2.26. The predicted molar refractivity (Wildman–Crippen MR) is 80.2 cm³/mol. The highest BCUT2D eigenvalue weighted by atomic mass is 79.9. The van der Waals surface area contributed by atoms with Crippen molar-refractivity contribution >= 4 is 15.9 Å². The van der Waals surface area contributed by atoms with E-state index in [2.05, 4.69) is 20.8 Å². The van der Waals surface area contributed by atoms with Gasteiger partial charge in [0.2, 0.25) is 0 Å². The van der Waals surface area contributed by atoms with Gasteiger partial charge in [-0.1, -0.05) is 15.9 Å². The van der Waals surface area contributed by atoms with Crippen LogP contribution in [0.3, 0.4) is 0 Å². The first-order valence-electron chi connectivity index (χ1n) is 7.07. The van der Waals surface area contributed by atoms with Gasteiger partial charge in [-0.25, -0.2) is 4.39 Å². The Morgan fingerprint density at radius 2 is 2.05 bits per heavy atom. The summed E-state index contributed by atoms with van der Waals surface area (Å²) in [6.45, 7) is 5.86. The second-order valence-electron chi connectivity index (χ2n) is 4.95. The quantitative estimate of drug-likeness (QED) is 0.708. The van der Waals surface area contributed by atoms with Crippen LogP contribution < -0.4 is 0 Å². The van der Waals surface area contributed by atoms with Crippen LogP contribution >= 0.6 is 15.9 Å². The maximum absolute atomic E-state index is 13.5. The largest absolute Gasteiger partial charge is 0.379 e. The average molecular weight is 346 g/mol. The van der Waals surface area contributed by atoms with Gasteiger partial charge in [-0.05, 0) is 37.6 Å². The first kappa shape index (κ1) is 15.9. The molecule has 1 heterocycles. The third kappa shape index (κ3) is 5.48. The molecule has 0 aliphatic carbocycles. The molecule has 1 saturated heterocycles. The molecule has 0 aromatic heterocycles. The Balaban J connectivity index is 1.56. The van der Waals surface area contributed by atoms with Crippen molar-refractivity contribution in [2.75, 3.05) is 39.5 Å². The highest BCUT2D eigenvalue weighted by Gasteiger charge is 2.09. The molecule has 0 unspecified atom stereocenters. The van der Waals surface area contributed by atoms with Gasteiger partial charge < -0.3 is 9.47 Å². The Bertz CT molecular complexity index is 411. The smallest absolute Gasteiger partial charge is 0.128 e. The van der Waals surface area contributed by atoms with Gasteiger partial charge in [-0.2, -0.15) is 0 Å². The lowest BCUT2D eigenvalue weighted by Crippen LogP contribution is -2.36. The Hall–Kier alpha value is -0.490. The molecule has 112 valence electrons. The number of morpholine rings is 1. The molecule has 20 heavy (non-hydrogen) atoms. The van der Waals surface area contributed by atoms with Crippen molar-refractivity contribution in [1.29, 1.82) is 0 Å². The molecule has 1 fully saturated rings. The number of unbranched alkanes of at least 4 members (excludes halogenated alkanes) is 1. The van der Waals surface area contributed by atoms with Crippen LogP contribution in [0.25, 0.3) is 0 Å². The third-order valence-corrected chi connectivity index (χ3v) is 3.88. The first-order chi connectivity index (χ1) is 9.75. The van der Waals surface area contributed by atoms with Crippen molar-refractivity contribution in [1.82, 2.24) is 4.90 Å². The molecule has 0 saturated carbocycles. The molecule has 1 aliphatic heterocycles. The summed E-state index contributed by atoms with van der Waals surface area (Å²) in [6.07, 6.45) is 2.12. The van der Waals surface area contributed by atoms with E-state index in [0.717, 1.165) is 50.2 Å². The number of rotatable bonds is 7. The molecule has 1 aromatic carbocycles. The summed E-state index contributed by atoms with van der Waals surface area (Å²) in [6, 6.07) is 4.92. The van der Waals surface area contributed by atoms with Crippen molar-refractivity contribution in [2.24, 2.45) is 0 Å². The zero-order valence-electron chi connectivity index (χ0n) is 11.6. The van der Waals surface area contributed by atoms with E-state index < -0.39 is 0 Å². The minimum absolute atomic E-state index is 0.207. The van der Waals surface area contributed by atoms with E-state index in [9.17, 15) is 4.39 Å². The van der Waals surface area contributed by atoms with Crippen LogP contribution in [0.5, 0.6) is 0 Å². The van der Waals surface area contributed by atoms with Crippen molar-refractivity contribution in [2.45, 2.75) is 19.4 Å². The number of benzene rings is 1. The van der Waals surface area contributed by atoms with Gasteiger partial charge in [0.1, 0.15) is 5.82 Å². The van der Waals surface area contributed by atoms with Gasteiger partial charge in [0.15, 0.2) is 0 Å². The zero-order valence-corrected chi connectivity index (χ0v) is 13.2. The second-order valence-corrected chi connectivity index (χ2v) is 5.87. The number of hydrogen-bond acceptors (Lipinski definition) is 3. The second kappa shape index (κ2) is 8.72. The molecule has 1 aliphatic rings. The molecule has 1 aromatic rings. The summed E-state index contributed by atoms with van der Waals surface area (Å²) in [5, 5.41) is 0. The van der Waals surface area contributed by atoms with Crippen molar-refractivity contribution in [3.05, 3.63) is 34.1 Å². The number of halogens is 2. The summed E-state index contributed by atoms with van der Waals surface area (Å²) in [5.74, 6) is -0.207. The molecule has 0 N–H and O–H groups in total. The normalized spacial score (nSPS) is 16.5. The van der Waals surface area contributed by atoms with Gasteiger partial charge in [0.05, 0.1) is 19.8 Å². The van der Waals surface area contributed by atoms with E-state index in [-0.39, 0.29) is 5.82 Å². The maximum atomic E-state index is 13.5. The molecule has 5 heteroatoms. The Morgan fingerprint density at radius 3 is 2.85 bits per heavy atom. The minimum Gasteiger partial charge on any atom is -0.379 e. The highest BCUT2D eigenvalue weighted by Crippen LogP contribution is 2.16. The Labute approximate surface area is 128 Å². The fourth-order valence-corrected chi connectivity index (χ4v) is 2.61. The number of hydrogen-bond donors (Lipinski definition) is 0. The lowest BCUT2D eigenvalue weighted by atomic mass is 10.2. The van der Waals surface area contributed by atoms with E-state index in [1.54, 1.807) is 12.1 Å². The van der Waals surface area contributed by atoms with Crippen molar-refractivity contribution < 1.29 is 13.9 Å². The SMILES string of the molecule is Fc1ccc(Br)cc1COCCCCN1CCOCC1. The number of ether oxygens (including phenoxy) is 2. The van der Waals surface area contributed by atoms with Crippen molar-refractivity contribution in [3.8, 4) is 0 Å². The lowest BCUT2D eigenvalue weighted by molar-refractivity contribution is 0.0354. The molecule has 0 atom stereocenters. The van der Waals surface area contributed by atoms with Crippen LogP contribution in [0.4, 0.5) is 4.39 Å². The highest BCUT2D eigenvalue weighted by molar-refractivity contribution is 9.10. The van der Waals surface area contributed by atoms with E-state index in [1.807, 2.05) is 0 Å². The molecule has 0 amide bonds. The fourth-order valence-electron chi connectivity index (χ4n) is 2.20. The Morgan fingerprint density at radius 1 is 1.25 bits per heavy atom. The molecule has 0 radical (unpaired) electrons. The predicted octanol–water partition coefficient (Wildman–Crippen LogP) is 3.22. The van der Waals surface area contributed by atoms with Crippen LogP contribution in [0.15, 0.2) is 22.7 Å². The average Bonchev–Trinajstić information content (AvgIpc) is 2.47. The van der Waals surface area contributed by atoms with Crippen LogP contribution in [-0.2, 0) is 16.1 Å². The fraction of sp³-hybridized carbons (Fsp3) is 0.600. The summed E-state index contributed by atoms with van der Waals surface area (Å²) < 4.78 is 25.2. The topological polar surface area (TPSA) is 21.7 Å². The monoisotopic (exact) mass is 345 g/mol. The van der Waals surface area contributed by atoms with Gasteiger partial charge in [0.25, 0.3) is 0 Å². The van der Waals surface area contributed by atoms with E-state index >= 15 is 0 Å².